The van der Waals surface area contributed by atoms with Gasteiger partial charge in [-0.25, -0.2) is 4.98 Å². The Labute approximate surface area is 285 Å². The van der Waals surface area contributed by atoms with E-state index < -0.39 is 0 Å². The SMILES string of the molecule is c1ccc(-c2cccc3c2oc2c(-c4cccc(-c5cnc6c7ccccc7c7ccccc7c6n5)c4)c4oc5ccccc5c4cc23)cc1. The highest BCUT2D eigenvalue weighted by atomic mass is 16.3. The van der Waals surface area contributed by atoms with E-state index in [9.17, 15) is 0 Å². The molecule has 232 valence electrons. The van der Waals surface area contributed by atoms with Crippen LogP contribution in [0.5, 0.6) is 0 Å². The van der Waals surface area contributed by atoms with Crippen molar-refractivity contribution < 1.29 is 8.83 Å². The van der Waals surface area contributed by atoms with Crippen molar-refractivity contribution in [2.75, 3.05) is 0 Å². The smallest absolute Gasteiger partial charge is 0.147 e. The van der Waals surface area contributed by atoms with Crippen LogP contribution in [-0.2, 0) is 0 Å². The molecule has 3 heterocycles. The van der Waals surface area contributed by atoms with E-state index in [-0.39, 0.29) is 0 Å². The lowest BCUT2D eigenvalue weighted by molar-refractivity contribution is 0.658. The molecule has 0 N–H and O–H groups in total. The Morgan fingerprint density at radius 3 is 1.80 bits per heavy atom. The van der Waals surface area contributed by atoms with Gasteiger partial charge in [-0.05, 0) is 40.1 Å². The van der Waals surface area contributed by atoms with Crippen LogP contribution in [0.15, 0.2) is 167 Å². The molecule has 0 bridgehead atoms. The standard InChI is InChI=1S/C46H26N2O2/c1-2-12-27(13-3-1)30-21-11-22-36-38-25-37-33-18-8-9-23-40(33)49-45(37)41(46(38)50-44(30)36)29-15-10-14-28(24-29)39-26-47-42-34-19-6-4-16-31(34)32-17-5-7-20-35(32)43(42)48-39/h1-26H. The van der Waals surface area contributed by atoms with E-state index in [4.69, 9.17) is 18.8 Å². The highest BCUT2D eigenvalue weighted by molar-refractivity contribution is 6.24. The highest BCUT2D eigenvalue weighted by Crippen LogP contribution is 2.46. The monoisotopic (exact) mass is 638 g/mol. The molecular formula is C46H26N2O2. The number of aromatic nitrogens is 2. The summed E-state index contributed by atoms with van der Waals surface area (Å²) in [6.45, 7) is 0. The number of furan rings is 2. The normalized spacial score (nSPS) is 12.0. The van der Waals surface area contributed by atoms with Crippen molar-refractivity contribution in [2.24, 2.45) is 0 Å². The predicted octanol–water partition coefficient (Wildman–Crippen LogP) is 12.7. The first-order chi connectivity index (χ1) is 24.8. The summed E-state index contributed by atoms with van der Waals surface area (Å²) >= 11 is 0. The lowest BCUT2D eigenvalue weighted by Gasteiger charge is -2.11. The van der Waals surface area contributed by atoms with Crippen LogP contribution in [0, 0.1) is 0 Å². The molecule has 11 aromatic rings. The maximum Gasteiger partial charge on any atom is 0.147 e. The van der Waals surface area contributed by atoms with Crippen LogP contribution < -0.4 is 0 Å². The minimum absolute atomic E-state index is 0.800. The maximum absolute atomic E-state index is 6.93. The van der Waals surface area contributed by atoms with Gasteiger partial charge in [-0.1, -0.05) is 133 Å². The van der Waals surface area contributed by atoms with E-state index in [0.717, 1.165) is 99.2 Å². The summed E-state index contributed by atoms with van der Waals surface area (Å²) in [5, 5.41) is 8.83. The Hall–Kier alpha value is -6.78. The van der Waals surface area contributed by atoms with Gasteiger partial charge in [-0.3, -0.25) is 4.98 Å². The highest BCUT2D eigenvalue weighted by Gasteiger charge is 2.23. The third-order valence-corrected chi connectivity index (χ3v) is 10.1. The van der Waals surface area contributed by atoms with Gasteiger partial charge in [0.05, 0.1) is 28.5 Å². The number of hydrogen-bond acceptors (Lipinski definition) is 4. The first-order valence-corrected chi connectivity index (χ1v) is 16.8. The Balaban J connectivity index is 1.19. The number of nitrogens with zero attached hydrogens (tertiary/aromatic N) is 2. The maximum atomic E-state index is 6.93. The molecule has 0 unspecified atom stereocenters. The minimum atomic E-state index is 0.800. The molecular weight excluding hydrogens is 613 g/mol. The molecule has 0 amide bonds. The van der Waals surface area contributed by atoms with Gasteiger partial charge in [-0.2, -0.15) is 0 Å². The summed E-state index contributed by atoms with van der Waals surface area (Å²) in [7, 11) is 0. The van der Waals surface area contributed by atoms with Gasteiger partial charge in [0.2, 0.25) is 0 Å². The summed E-state index contributed by atoms with van der Waals surface area (Å²) in [6.07, 6.45) is 1.90. The number of rotatable bonds is 3. The average molecular weight is 639 g/mol. The predicted molar refractivity (Wildman–Crippen MR) is 205 cm³/mol. The van der Waals surface area contributed by atoms with Gasteiger partial charge in [0.25, 0.3) is 0 Å². The Kier molecular flexibility index (Phi) is 5.63. The first kappa shape index (κ1) is 27.2. The van der Waals surface area contributed by atoms with Crippen LogP contribution >= 0.6 is 0 Å². The summed E-state index contributed by atoms with van der Waals surface area (Å²) < 4.78 is 13.6. The van der Waals surface area contributed by atoms with Gasteiger partial charge in [0, 0.05) is 43.4 Å². The van der Waals surface area contributed by atoms with Gasteiger partial charge in [-0.15, -0.1) is 0 Å². The van der Waals surface area contributed by atoms with Gasteiger partial charge in [0.15, 0.2) is 0 Å². The van der Waals surface area contributed by atoms with Crippen molar-refractivity contribution in [3.8, 4) is 33.5 Å². The fraction of sp³-hybridized carbons (Fsp3) is 0. The second kappa shape index (κ2) is 10.4. The molecule has 50 heavy (non-hydrogen) atoms. The van der Waals surface area contributed by atoms with E-state index in [1.54, 1.807) is 0 Å². The fourth-order valence-corrected chi connectivity index (χ4v) is 7.81. The van der Waals surface area contributed by atoms with Crippen LogP contribution in [0.3, 0.4) is 0 Å². The van der Waals surface area contributed by atoms with Crippen LogP contribution in [-0.4, -0.2) is 9.97 Å². The molecule has 3 aromatic heterocycles. The zero-order valence-corrected chi connectivity index (χ0v) is 26.7. The molecule has 0 radical (unpaired) electrons. The second-order valence-electron chi connectivity index (χ2n) is 12.9. The van der Waals surface area contributed by atoms with Gasteiger partial charge in [0.1, 0.15) is 22.3 Å². The molecule has 0 fully saturated rings. The lowest BCUT2D eigenvalue weighted by Crippen LogP contribution is -1.92. The summed E-state index contributed by atoms with van der Waals surface area (Å²) in [4.78, 5) is 10.3. The zero-order chi connectivity index (χ0) is 32.8. The molecule has 0 aliphatic carbocycles. The number of hydrogen-bond donors (Lipinski definition) is 0. The summed E-state index contributed by atoms with van der Waals surface area (Å²) in [5.74, 6) is 0. The van der Waals surface area contributed by atoms with Crippen molar-refractivity contribution in [1.82, 2.24) is 9.97 Å². The van der Waals surface area contributed by atoms with Crippen LogP contribution in [0.25, 0.3) is 110 Å². The quantitative estimate of drug-likeness (QED) is 0.181. The largest absolute Gasteiger partial charge is 0.455 e. The number of benzene rings is 8. The first-order valence-electron chi connectivity index (χ1n) is 16.8. The zero-order valence-electron chi connectivity index (χ0n) is 26.7. The van der Waals surface area contributed by atoms with E-state index in [1.807, 2.05) is 24.4 Å². The molecule has 0 spiro atoms. The minimum Gasteiger partial charge on any atom is -0.455 e. The van der Waals surface area contributed by atoms with Crippen LogP contribution in [0.4, 0.5) is 0 Å². The lowest BCUT2D eigenvalue weighted by atomic mass is 9.96. The van der Waals surface area contributed by atoms with E-state index in [2.05, 4.69) is 133 Å². The molecule has 0 aliphatic heterocycles. The topological polar surface area (TPSA) is 52.1 Å². The third kappa shape index (κ3) is 3.87. The van der Waals surface area contributed by atoms with E-state index in [1.165, 1.54) is 10.8 Å². The van der Waals surface area contributed by atoms with Crippen molar-refractivity contribution in [1.29, 1.82) is 0 Å². The molecule has 4 heteroatoms. The van der Waals surface area contributed by atoms with E-state index in [0.29, 0.717) is 0 Å². The molecule has 0 atom stereocenters. The van der Waals surface area contributed by atoms with Crippen molar-refractivity contribution in [3.63, 3.8) is 0 Å². The average Bonchev–Trinajstić information content (AvgIpc) is 3.75. The molecule has 8 aromatic carbocycles. The fourth-order valence-electron chi connectivity index (χ4n) is 7.81. The van der Waals surface area contributed by atoms with Crippen LogP contribution in [0.2, 0.25) is 0 Å². The molecule has 11 rings (SSSR count). The molecule has 0 saturated carbocycles. The van der Waals surface area contributed by atoms with E-state index >= 15 is 0 Å². The molecule has 0 aliphatic rings. The van der Waals surface area contributed by atoms with Crippen molar-refractivity contribution >= 4 is 76.5 Å². The number of para-hydroxylation sites is 2. The van der Waals surface area contributed by atoms with Crippen LogP contribution in [0.1, 0.15) is 0 Å². The third-order valence-electron chi connectivity index (χ3n) is 10.1. The Morgan fingerprint density at radius 2 is 0.980 bits per heavy atom. The Morgan fingerprint density at radius 1 is 0.380 bits per heavy atom. The second-order valence-corrected chi connectivity index (χ2v) is 12.9. The van der Waals surface area contributed by atoms with Crippen molar-refractivity contribution in [3.05, 3.63) is 158 Å². The summed E-state index contributed by atoms with van der Waals surface area (Å²) in [5.41, 5.74) is 11.0. The number of fused-ring (bicyclic) bond motifs is 12. The molecule has 0 saturated heterocycles. The van der Waals surface area contributed by atoms with Gasteiger partial charge >= 0.3 is 0 Å². The summed E-state index contributed by atoms with van der Waals surface area (Å²) in [6, 6.07) is 52.7. The molecule has 4 nitrogen and oxygen atoms in total. The Bertz CT molecular complexity index is 3120. The van der Waals surface area contributed by atoms with Gasteiger partial charge < -0.3 is 8.83 Å². The van der Waals surface area contributed by atoms with Crippen molar-refractivity contribution in [2.45, 2.75) is 0 Å².